The van der Waals surface area contributed by atoms with Gasteiger partial charge in [-0.25, -0.2) is 0 Å². The van der Waals surface area contributed by atoms with Gasteiger partial charge in [-0.3, -0.25) is 0 Å². The molecule has 0 saturated heterocycles. The monoisotopic (exact) mass is 329 g/mol. The van der Waals surface area contributed by atoms with Crippen molar-refractivity contribution in [2.24, 2.45) is 5.92 Å². The lowest BCUT2D eigenvalue weighted by Crippen LogP contribution is -2.19. The predicted octanol–water partition coefficient (Wildman–Crippen LogP) is 6.91. The molecule has 2 aliphatic rings. The zero-order valence-corrected chi connectivity index (χ0v) is 15.4. The first-order valence-electron chi connectivity index (χ1n) is 9.64. The lowest BCUT2D eigenvalue weighted by atomic mass is 9.80. The molecule has 25 heavy (non-hydrogen) atoms. The number of allylic oxidation sites excluding steroid dienone is 4. The Bertz CT molecular complexity index is 891. The maximum atomic E-state index is 8.98. The predicted molar refractivity (Wildman–Crippen MR) is 108 cm³/mol. The number of nitrogens with one attached hydrogen (secondary N) is 1. The Hall–Kier alpha value is -2.15. The largest absolute Gasteiger partial charge is 0.304 e. The molecule has 4 rings (SSSR count). The summed E-state index contributed by atoms with van der Waals surface area (Å²) < 4.78 is 0. The molecule has 0 bridgehead atoms. The summed E-state index contributed by atoms with van der Waals surface area (Å²) in [5, 5.41) is 11.5. The molecule has 0 aliphatic heterocycles. The number of hydrogen-bond donors (Lipinski definition) is 1. The van der Waals surface area contributed by atoms with E-state index in [4.69, 9.17) is 5.41 Å². The first-order valence-corrected chi connectivity index (χ1v) is 9.64. The second-order valence-corrected chi connectivity index (χ2v) is 7.69. The van der Waals surface area contributed by atoms with Crippen molar-refractivity contribution < 1.29 is 0 Å². The molecule has 0 spiro atoms. The van der Waals surface area contributed by atoms with E-state index in [-0.39, 0.29) is 0 Å². The van der Waals surface area contributed by atoms with Crippen LogP contribution in [0.1, 0.15) is 63.5 Å². The van der Waals surface area contributed by atoms with Crippen LogP contribution >= 0.6 is 0 Å². The third-order valence-corrected chi connectivity index (χ3v) is 6.17. The van der Waals surface area contributed by atoms with Crippen LogP contribution in [0.2, 0.25) is 0 Å². The Kier molecular flexibility index (Phi) is 4.33. The van der Waals surface area contributed by atoms with Gasteiger partial charge in [-0.2, -0.15) is 0 Å². The highest BCUT2D eigenvalue weighted by Gasteiger charge is 2.24. The lowest BCUT2D eigenvalue weighted by Gasteiger charge is -2.25. The summed E-state index contributed by atoms with van der Waals surface area (Å²) in [5.74, 6) is 0.435. The third-order valence-electron chi connectivity index (χ3n) is 6.17. The third kappa shape index (κ3) is 2.97. The molecule has 0 unspecified atom stereocenters. The highest BCUT2D eigenvalue weighted by atomic mass is 14.5. The van der Waals surface area contributed by atoms with E-state index in [0.29, 0.717) is 5.92 Å². The van der Waals surface area contributed by atoms with Gasteiger partial charge in [0.15, 0.2) is 0 Å². The van der Waals surface area contributed by atoms with Crippen LogP contribution in [0.5, 0.6) is 0 Å². The Morgan fingerprint density at radius 1 is 0.960 bits per heavy atom. The Balaban J connectivity index is 1.86. The van der Waals surface area contributed by atoms with Crippen molar-refractivity contribution in [1.29, 1.82) is 5.41 Å². The van der Waals surface area contributed by atoms with Gasteiger partial charge in [0.25, 0.3) is 0 Å². The summed E-state index contributed by atoms with van der Waals surface area (Å²) in [4.78, 5) is 0. The van der Waals surface area contributed by atoms with Crippen LogP contribution < -0.4 is 0 Å². The van der Waals surface area contributed by atoms with Gasteiger partial charge < -0.3 is 5.41 Å². The van der Waals surface area contributed by atoms with Crippen molar-refractivity contribution in [1.82, 2.24) is 0 Å². The van der Waals surface area contributed by atoms with Crippen molar-refractivity contribution in [2.45, 2.75) is 52.4 Å². The molecule has 0 atom stereocenters. The fourth-order valence-corrected chi connectivity index (χ4v) is 4.44. The molecule has 0 aromatic heterocycles. The van der Waals surface area contributed by atoms with Gasteiger partial charge in [0, 0.05) is 17.2 Å². The van der Waals surface area contributed by atoms with E-state index in [9.17, 15) is 0 Å². The minimum atomic E-state index is 0.435. The van der Waals surface area contributed by atoms with Crippen LogP contribution in [-0.4, -0.2) is 5.71 Å². The fourth-order valence-electron chi connectivity index (χ4n) is 4.44. The molecule has 1 nitrogen and oxygen atoms in total. The summed E-state index contributed by atoms with van der Waals surface area (Å²) >= 11 is 0. The summed E-state index contributed by atoms with van der Waals surface area (Å²) in [5.41, 5.74) is 7.53. The molecule has 1 fully saturated rings. The average Bonchev–Trinajstić information content (AvgIpc) is 2.99. The van der Waals surface area contributed by atoms with Crippen molar-refractivity contribution in [3.05, 3.63) is 64.7 Å². The number of fused-ring (bicyclic) bond motifs is 1. The van der Waals surface area contributed by atoms with Crippen molar-refractivity contribution >= 4 is 22.1 Å². The van der Waals surface area contributed by atoms with Gasteiger partial charge >= 0.3 is 0 Å². The standard InChI is InChI=1S/C24H27N/c1-16-12-13-21(17(16)2)22-14-19-10-6-7-11-20(19)15-23(22)24(25)18-8-4-3-5-9-18/h6-7,10-12,14-15,18,25H,3-5,8-9,13H2,1-2H3. The van der Waals surface area contributed by atoms with E-state index in [1.54, 1.807) is 0 Å². The molecule has 0 radical (unpaired) electrons. The van der Waals surface area contributed by atoms with Crippen LogP contribution in [-0.2, 0) is 0 Å². The Morgan fingerprint density at radius 2 is 1.64 bits per heavy atom. The van der Waals surface area contributed by atoms with Crippen molar-refractivity contribution in [3.8, 4) is 0 Å². The Labute approximate surface area is 151 Å². The zero-order valence-electron chi connectivity index (χ0n) is 15.4. The van der Waals surface area contributed by atoms with Crippen LogP contribution in [0.15, 0.2) is 53.6 Å². The van der Waals surface area contributed by atoms with E-state index >= 15 is 0 Å². The molecule has 0 amide bonds. The molecular formula is C24H27N. The smallest absolute Gasteiger partial charge is 0.0423 e. The van der Waals surface area contributed by atoms with Gasteiger partial charge in [-0.1, -0.05) is 55.2 Å². The Morgan fingerprint density at radius 3 is 2.28 bits per heavy atom. The van der Waals surface area contributed by atoms with Gasteiger partial charge in [-0.05, 0) is 72.7 Å². The number of benzene rings is 2. The molecule has 1 heteroatoms. The van der Waals surface area contributed by atoms with Gasteiger partial charge in [0.1, 0.15) is 0 Å². The topological polar surface area (TPSA) is 23.9 Å². The molecule has 0 heterocycles. The van der Waals surface area contributed by atoms with Crippen LogP contribution in [0.3, 0.4) is 0 Å². The number of rotatable bonds is 3. The van der Waals surface area contributed by atoms with E-state index in [1.807, 2.05) is 0 Å². The maximum Gasteiger partial charge on any atom is 0.0423 e. The van der Waals surface area contributed by atoms with Crippen molar-refractivity contribution in [2.75, 3.05) is 0 Å². The minimum Gasteiger partial charge on any atom is -0.304 e. The quantitative estimate of drug-likeness (QED) is 0.591. The molecule has 128 valence electrons. The van der Waals surface area contributed by atoms with Crippen LogP contribution in [0, 0.1) is 11.3 Å². The second-order valence-electron chi connectivity index (χ2n) is 7.69. The molecule has 1 N–H and O–H groups in total. The summed E-state index contributed by atoms with van der Waals surface area (Å²) in [6.45, 7) is 4.44. The highest BCUT2D eigenvalue weighted by molar-refractivity contribution is 6.08. The fraction of sp³-hybridized carbons (Fsp3) is 0.375. The van der Waals surface area contributed by atoms with Gasteiger partial charge in [0.05, 0.1) is 0 Å². The zero-order chi connectivity index (χ0) is 17.4. The van der Waals surface area contributed by atoms with Crippen LogP contribution in [0.25, 0.3) is 16.3 Å². The SMILES string of the molecule is CC1=CCC(c2cc3ccccc3cc2C(=N)C2CCCCC2)=C1C. The van der Waals surface area contributed by atoms with Crippen molar-refractivity contribution in [3.63, 3.8) is 0 Å². The normalized spacial score (nSPS) is 18.7. The summed E-state index contributed by atoms with van der Waals surface area (Å²) in [7, 11) is 0. The summed E-state index contributed by atoms with van der Waals surface area (Å²) in [6, 6.07) is 13.2. The second kappa shape index (κ2) is 6.63. The lowest BCUT2D eigenvalue weighted by molar-refractivity contribution is 0.438. The first-order chi connectivity index (χ1) is 12.1. The highest BCUT2D eigenvalue weighted by Crippen LogP contribution is 2.38. The van der Waals surface area contributed by atoms with E-state index in [2.05, 4.69) is 56.3 Å². The molecule has 1 saturated carbocycles. The average molecular weight is 329 g/mol. The number of hydrogen-bond acceptors (Lipinski definition) is 1. The van der Waals surface area contributed by atoms with E-state index in [0.717, 1.165) is 12.1 Å². The maximum absolute atomic E-state index is 8.98. The van der Waals surface area contributed by atoms with Crippen LogP contribution in [0.4, 0.5) is 0 Å². The minimum absolute atomic E-state index is 0.435. The van der Waals surface area contributed by atoms with Gasteiger partial charge in [0.2, 0.25) is 0 Å². The first kappa shape index (κ1) is 16.3. The molecule has 2 aromatic rings. The molecule has 2 aromatic carbocycles. The summed E-state index contributed by atoms with van der Waals surface area (Å²) in [6.07, 6.45) is 9.58. The van der Waals surface area contributed by atoms with E-state index < -0.39 is 0 Å². The molecule has 2 aliphatic carbocycles. The van der Waals surface area contributed by atoms with E-state index in [1.165, 1.54) is 70.7 Å². The van der Waals surface area contributed by atoms with Gasteiger partial charge in [-0.15, -0.1) is 0 Å². The molecular weight excluding hydrogens is 302 g/mol.